The van der Waals surface area contributed by atoms with Crippen LogP contribution in [-0.2, 0) is 5.41 Å². The third-order valence-corrected chi connectivity index (χ3v) is 13.9. The topological polar surface area (TPSA) is 29.0 Å². The quantitative estimate of drug-likeness (QED) is 0.160. The summed E-state index contributed by atoms with van der Waals surface area (Å²) in [7, 11) is 0. The molecule has 0 amide bonds. The van der Waals surface area contributed by atoms with Crippen molar-refractivity contribution in [3.8, 4) is 78.4 Å². The van der Waals surface area contributed by atoms with Crippen LogP contribution in [0.4, 0.5) is 17.1 Å². The highest BCUT2D eigenvalue weighted by atomic mass is 15.2. The molecule has 2 aliphatic rings. The SMILES string of the molecule is c1ccc(-c2ccc(-c3nc(-c4ccccc4)cc(-c4ccccc4-c4ccc(-c5ccc6c(c5)C5(c7ccccc7-6)c6ccccc6N(c6ccccc6)c6ccccc65)cc4)n3)cc2)cc1. The molecule has 0 bridgehead atoms. The fraction of sp³-hybridized carbons (Fsp3) is 0.0154. The maximum Gasteiger partial charge on any atom is 0.160 e. The highest BCUT2D eigenvalue weighted by molar-refractivity contribution is 5.97. The van der Waals surface area contributed by atoms with Crippen molar-refractivity contribution in [2.45, 2.75) is 5.41 Å². The Bertz CT molecular complexity index is 3610. The lowest BCUT2D eigenvalue weighted by molar-refractivity contribution is 0.753. The molecule has 2 heterocycles. The van der Waals surface area contributed by atoms with E-state index in [-0.39, 0.29) is 0 Å². The molecule has 1 spiro atoms. The number of aromatic nitrogens is 2. The largest absolute Gasteiger partial charge is 0.310 e. The fourth-order valence-corrected chi connectivity index (χ4v) is 10.9. The van der Waals surface area contributed by atoms with E-state index in [0.717, 1.165) is 56.0 Å². The summed E-state index contributed by atoms with van der Waals surface area (Å²) in [5, 5.41) is 0. The number of hydrogen-bond acceptors (Lipinski definition) is 3. The summed E-state index contributed by atoms with van der Waals surface area (Å²) >= 11 is 0. The second-order valence-electron chi connectivity index (χ2n) is 17.7. The van der Waals surface area contributed by atoms with Gasteiger partial charge < -0.3 is 4.90 Å². The third kappa shape index (κ3) is 6.35. The number of hydrogen-bond donors (Lipinski definition) is 0. The molecule has 1 aliphatic heterocycles. The predicted molar refractivity (Wildman–Crippen MR) is 280 cm³/mol. The van der Waals surface area contributed by atoms with Crippen LogP contribution in [0.15, 0.2) is 261 Å². The van der Waals surface area contributed by atoms with Crippen molar-refractivity contribution in [3.63, 3.8) is 0 Å². The molecule has 0 atom stereocenters. The molecular formula is C65H43N3. The van der Waals surface area contributed by atoms with E-state index in [1.165, 1.54) is 55.9 Å². The van der Waals surface area contributed by atoms with Crippen LogP contribution < -0.4 is 4.90 Å². The number of para-hydroxylation sites is 3. The second-order valence-corrected chi connectivity index (χ2v) is 17.7. The number of anilines is 3. The van der Waals surface area contributed by atoms with Crippen molar-refractivity contribution in [3.05, 3.63) is 283 Å². The second kappa shape index (κ2) is 16.2. The van der Waals surface area contributed by atoms with Gasteiger partial charge in [-0.3, -0.25) is 0 Å². The molecule has 0 radical (unpaired) electrons. The van der Waals surface area contributed by atoms with E-state index < -0.39 is 5.41 Å². The average Bonchev–Trinajstić information content (AvgIpc) is 3.71. The summed E-state index contributed by atoms with van der Waals surface area (Å²) in [5.41, 5.74) is 22.5. The van der Waals surface area contributed by atoms with Gasteiger partial charge in [-0.15, -0.1) is 0 Å². The molecule has 13 rings (SSSR count). The Labute approximate surface area is 397 Å². The van der Waals surface area contributed by atoms with Crippen LogP contribution in [-0.4, -0.2) is 9.97 Å². The van der Waals surface area contributed by atoms with Crippen molar-refractivity contribution < 1.29 is 0 Å². The van der Waals surface area contributed by atoms with Gasteiger partial charge in [0.25, 0.3) is 0 Å². The van der Waals surface area contributed by atoms with E-state index in [2.05, 4.69) is 254 Å². The van der Waals surface area contributed by atoms with E-state index in [4.69, 9.17) is 9.97 Å². The summed E-state index contributed by atoms with van der Waals surface area (Å²) in [4.78, 5) is 12.9. The zero-order valence-corrected chi connectivity index (χ0v) is 37.2. The molecule has 1 aliphatic carbocycles. The Balaban J connectivity index is 0.908. The van der Waals surface area contributed by atoms with Crippen LogP contribution in [0.2, 0.25) is 0 Å². The zero-order chi connectivity index (χ0) is 45.0. The third-order valence-electron chi connectivity index (χ3n) is 13.9. The van der Waals surface area contributed by atoms with Gasteiger partial charge in [-0.2, -0.15) is 0 Å². The fourth-order valence-electron chi connectivity index (χ4n) is 10.9. The van der Waals surface area contributed by atoms with Gasteiger partial charge >= 0.3 is 0 Å². The van der Waals surface area contributed by atoms with Gasteiger partial charge in [0.1, 0.15) is 0 Å². The molecule has 1 aromatic heterocycles. The van der Waals surface area contributed by atoms with Gasteiger partial charge in [0, 0.05) is 22.4 Å². The molecule has 10 aromatic carbocycles. The van der Waals surface area contributed by atoms with Gasteiger partial charge in [-0.25, -0.2) is 9.97 Å². The normalized spacial score (nSPS) is 12.8. The molecule has 11 aromatic rings. The van der Waals surface area contributed by atoms with E-state index >= 15 is 0 Å². The lowest BCUT2D eigenvalue weighted by Gasteiger charge is -2.45. The Hall–Kier alpha value is -8.92. The average molecular weight is 866 g/mol. The van der Waals surface area contributed by atoms with Crippen LogP contribution in [0.1, 0.15) is 22.3 Å². The summed E-state index contributed by atoms with van der Waals surface area (Å²) in [6.07, 6.45) is 0. The first-order chi connectivity index (χ1) is 33.7. The Morgan fingerprint density at radius 3 is 1.37 bits per heavy atom. The highest BCUT2D eigenvalue weighted by Crippen LogP contribution is 2.63. The predicted octanol–water partition coefficient (Wildman–Crippen LogP) is 16.6. The molecular weight excluding hydrogens is 823 g/mol. The lowest BCUT2D eigenvalue weighted by atomic mass is 9.64. The number of benzene rings is 10. The van der Waals surface area contributed by atoms with Crippen LogP contribution in [0.5, 0.6) is 0 Å². The Morgan fingerprint density at radius 1 is 0.265 bits per heavy atom. The van der Waals surface area contributed by atoms with Crippen LogP contribution in [0, 0.1) is 0 Å². The van der Waals surface area contributed by atoms with Crippen LogP contribution >= 0.6 is 0 Å². The van der Waals surface area contributed by atoms with Crippen LogP contribution in [0.25, 0.3) is 78.4 Å². The molecule has 0 unspecified atom stereocenters. The zero-order valence-electron chi connectivity index (χ0n) is 37.2. The summed E-state index contributed by atoms with van der Waals surface area (Å²) in [5.74, 6) is 0.693. The monoisotopic (exact) mass is 865 g/mol. The van der Waals surface area contributed by atoms with Crippen molar-refractivity contribution in [2.24, 2.45) is 0 Å². The van der Waals surface area contributed by atoms with E-state index in [1.54, 1.807) is 0 Å². The molecule has 0 fully saturated rings. The molecule has 3 nitrogen and oxygen atoms in total. The molecule has 3 heteroatoms. The van der Waals surface area contributed by atoms with E-state index in [9.17, 15) is 0 Å². The summed E-state index contributed by atoms with van der Waals surface area (Å²) in [6.45, 7) is 0. The Morgan fingerprint density at radius 2 is 0.706 bits per heavy atom. The van der Waals surface area contributed by atoms with Crippen molar-refractivity contribution in [2.75, 3.05) is 4.90 Å². The first-order valence-corrected chi connectivity index (χ1v) is 23.3. The smallest absolute Gasteiger partial charge is 0.160 e. The lowest BCUT2D eigenvalue weighted by Crippen LogP contribution is -2.36. The van der Waals surface area contributed by atoms with Gasteiger partial charge in [0.2, 0.25) is 0 Å². The molecule has 68 heavy (non-hydrogen) atoms. The number of rotatable bonds is 7. The van der Waals surface area contributed by atoms with Crippen molar-refractivity contribution in [1.29, 1.82) is 0 Å². The van der Waals surface area contributed by atoms with Crippen LogP contribution in [0.3, 0.4) is 0 Å². The molecule has 0 saturated heterocycles. The first kappa shape index (κ1) is 39.4. The Kier molecular flexibility index (Phi) is 9.40. The minimum absolute atomic E-state index is 0.516. The van der Waals surface area contributed by atoms with E-state index in [0.29, 0.717) is 5.82 Å². The molecule has 0 saturated carbocycles. The molecule has 318 valence electrons. The number of fused-ring (bicyclic) bond motifs is 9. The summed E-state index contributed by atoms with van der Waals surface area (Å²) < 4.78 is 0. The van der Waals surface area contributed by atoms with Gasteiger partial charge in [-0.05, 0) is 103 Å². The molecule has 0 N–H and O–H groups in total. The minimum Gasteiger partial charge on any atom is -0.310 e. The van der Waals surface area contributed by atoms with Crippen molar-refractivity contribution >= 4 is 17.1 Å². The van der Waals surface area contributed by atoms with Gasteiger partial charge in [0.15, 0.2) is 5.82 Å². The van der Waals surface area contributed by atoms with Gasteiger partial charge in [0.05, 0.1) is 28.2 Å². The maximum atomic E-state index is 5.28. The standard InChI is InChI=1S/C65H43N3/c1-4-18-44(19-5-1)45-34-38-49(39-35-45)64-66-60(48-20-6-2-7-21-48)43-61(67-64)55-26-11-10-24-52(55)47-36-32-46(33-37-47)50-40-41-54-53-25-12-13-27-56(53)65(59(54)42-50)57-28-14-16-30-62(57)68(51-22-8-3-9-23-51)63-31-17-15-29-58(63)65/h1-43H. The first-order valence-electron chi connectivity index (χ1n) is 23.3. The van der Waals surface area contributed by atoms with Crippen molar-refractivity contribution in [1.82, 2.24) is 9.97 Å². The minimum atomic E-state index is -0.516. The highest BCUT2D eigenvalue weighted by Gasteiger charge is 2.51. The summed E-state index contributed by atoms with van der Waals surface area (Å²) in [6, 6.07) is 94.2. The van der Waals surface area contributed by atoms with Gasteiger partial charge in [-0.1, -0.05) is 224 Å². The van der Waals surface area contributed by atoms with E-state index in [1.807, 2.05) is 12.1 Å². The maximum absolute atomic E-state index is 5.28. The number of nitrogens with zero attached hydrogens (tertiary/aromatic N) is 3.